The summed E-state index contributed by atoms with van der Waals surface area (Å²) in [6.45, 7) is 2.21. The van der Waals surface area contributed by atoms with Crippen LogP contribution >= 0.6 is 0 Å². The summed E-state index contributed by atoms with van der Waals surface area (Å²) in [4.78, 5) is 7.20. The molecule has 60 valence electrons. The van der Waals surface area contributed by atoms with E-state index in [-0.39, 0.29) is 6.61 Å². The summed E-state index contributed by atoms with van der Waals surface area (Å²) >= 11 is -1.57. The Labute approximate surface area is 68.0 Å². The summed E-state index contributed by atoms with van der Waals surface area (Å²) in [7, 11) is 0. The fourth-order valence-corrected chi connectivity index (χ4v) is 3.29. The van der Waals surface area contributed by atoms with Gasteiger partial charge in [0.25, 0.3) is 0 Å². The molecule has 10 heavy (non-hydrogen) atoms. The molecule has 1 nitrogen and oxygen atoms in total. The van der Waals surface area contributed by atoms with E-state index in [1.165, 1.54) is 4.44 Å². The SMILES string of the molecule is C/C(=C\[CH2][Sn]([CH3])([CH3])[CH3])CO. The average molecular weight is 249 g/mol. The van der Waals surface area contributed by atoms with Crippen molar-refractivity contribution in [3.05, 3.63) is 11.6 Å². The van der Waals surface area contributed by atoms with Crippen LogP contribution in [0, 0.1) is 0 Å². The Morgan fingerprint density at radius 1 is 1.40 bits per heavy atom. The summed E-state index contributed by atoms with van der Waals surface area (Å²) in [5.74, 6) is 0. The maximum atomic E-state index is 8.69. The van der Waals surface area contributed by atoms with E-state index in [1.54, 1.807) is 0 Å². The molecule has 0 amide bonds. The minimum atomic E-state index is -1.57. The molecule has 0 aromatic heterocycles. The predicted molar refractivity (Wildman–Crippen MR) is 49.0 cm³/mol. The normalized spacial score (nSPS) is 13.9. The standard InChI is InChI=1S/C5H9O.3CH3.Sn/c1-3-5(2)4-6;;;;/h3,6H,1,4H2,2H3;3*1H3;/b5-3+;;;;. The molecule has 0 aromatic rings. The molecule has 1 N–H and O–H groups in total. The summed E-state index contributed by atoms with van der Waals surface area (Å²) in [6.07, 6.45) is 2.19. The van der Waals surface area contributed by atoms with E-state index in [0.29, 0.717) is 0 Å². The van der Waals surface area contributed by atoms with Crippen LogP contribution in [0.5, 0.6) is 0 Å². The molecular weight excluding hydrogens is 231 g/mol. The van der Waals surface area contributed by atoms with Gasteiger partial charge in [-0.15, -0.1) is 0 Å². The molecule has 0 aromatic carbocycles. The number of aliphatic hydroxyl groups is 1. The second-order valence-electron chi connectivity index (χ2n) is 3.97. The van der Waals surface area contributed by atoms with Crippen molar-refractivity contribution in [2.45, 2.75) is 26.2 Å². The second kappa shape index (κ2) is 4.39. The van der Waals surface area contributed by atoms with Crippen molar-refractivity contribution < 1.29 is 5.11 Å². The Balaban J connectivity index is 3.73. The zero-order chi connectivity index (χ0) is 8.20. The van der Waals surface area contributed by atoms with Crippen LogP contribution < -0.4 is 0 Å². The molecule has 0 aliphatic rings. The van der Waals surface area contributed by atoms with Gasteiger partial charge in [0.1, 0.15) is 0 Å². The summed E-state index contributed by atoms with van der Waals surface area (Å²) in [5, 5.41) is 8.69. The average Bonchev–Trinajstić information content (AvgIpc) is 1.81. The van der Waals surface area contributed by atoms with Gasteiger partial charge >= 0.3 is 67.9 Å². The van der Waals surface area contributed by atoms with Crippen LogP contribution in [0.1, 0.15) is 6.92 Å². The van der Waals surface area contributed by atoms with E-state index >= 15 is 0 Å². The number of hydrogen-bond donors (Lipinski definition) is 1. The van der Waals surface area contributed by atoms with E-state index in [2.05, 4.69) is 20.9 Å². The number of rotatable bonds is 3. The minimum absolute atomic E-state index is 0.224. The van der Waals surface area contributed by atoms with Gasteiger partial charge in [0.2, 0.25) is 0 Å². The quantitative estimate of drug-likeness (QED) is 0.600. The topological polar surface area (TPSA) is 20.2 Å². The first-order valence-corrected chi connectivity index (χ1v) is 14.3. The predicted octanol–water partition coefficient (Wildman–Crippen LogP) is 2.26. The third kappa shape index (κ3) is 6.62. The maximum absolute atomic E-state index is 8.69. The van der Waals surface area contributed by atoms with Gasteiger partial charge < -0.3 is 0 Å². The van der Waals surface area contributed by atoms with Gasteiger partial charge in [-0.05, 0) is 0 Å². The van der Waals surface area contributed by atoms with Crippen molar-refractivity contribution in [2.75, 3.05) is 6.61 Å². The molecule has 0 heterocycles. The molecule has 0 rings (SSSR count). The van der Waals surface area contributed by atoms with Crippen LogP contribution in [0.3, 0.4) is 0 Å². The van der Waals surface area contributed by atoms with E-state index in [0.717, 1.165) is 5.57 Å². The molecule has 0 bridgehead atoms. The van der Waals surface area contributed by atoms with E-state index in [9.17, 15) is 0 Å². The Bertz CT molecular complexity index is 122. The van der Waals surface area contributed by atoms with E-state index in [1.807, 2.05) is 6.92 Å². The fourth-order valence-electron chi connectivity index (χ4n) is 0.545. The molecule has 0 unspecified atom stereocenters. The molecular formula is C8H18OSn. The van der Waals surface area contributed by atoms with Gasteiger partial charge in [0.15, 0.2) is 0 Å². The molecule has 0 radical (unpaired) electrons. The first-order chi connectivity index (χ1) is 4.45. The summed E-state index contributed by atoms with van der Waals surface area (Å²) in [6, 6.07) is 0. The van der Waals surface area contributed by atoms with Crippen molar-refractivity contribution in [3.8, 4) is 0 Å². The molecule has 0 fully saturated rings. The van der Waals surface area contributed by atoms with Gasteiger partial charge in [-0.3, -0.25) is 0 Å². The first kappa shape index (κ1) is 10.5. The number of allylic oxidation sites excluding steroid dienone is 1. The van der Waals surface area contributed by atoms with Crippen LogP contribution in [0.15, 0.2) is 11.6 Å². The third-order valence-corrected chi connectivity index (χ3v) is 5.39. The van der Waals surface area contributed by atoms with Crippen LogP contribution in [-0.4, -0.2) is 30.1 Å². The van der Waals surface area contributed by atoms with E-state index < -0.39 is 18.4 Å². The van der Waals surface area contributed by atoms with E-state index in [4.69, 9.17) is 5.11 Å². The molecule has 0 aliphatic heterocycles. The monoisotopic (exact) mass is 250 g/mol. The molecule has 0 aliphatic carbocycles. The summed E-state index contributed by atoms with van der Waals surface area (Å²) < 4.78 is 1.25. The fraction of sp³-hybridized carbons (Fsp3) is 0.750. The Morgan fingerprint density at radius 2 is 1.90 bits per heavy atom. The van der Waals surface area contributed by atoms with Crippen LogP contribution in [0.25, 0.3) is 0 Å². The Morgan fingerprint density at radius 3 is 2.20 bits per heavy atom. The molecule has 0 atom stereocenters. The second-order valence-corrected chi connectivity index (χ2v) is 19.8. The molecule has 0 saturated carbocycles. The molecule has 0 saturated heterocycles. The van der Waals surface area contributed by atoms with Gasteiger partial charge in [0.05, 0.1) is 0 Å². The van der Waals surface area contributed by atoms with Crippen molar-refractivity contribution in [3.63, 3.8) is 0 Å². The van der Waals surface area contributed by atoms with Gasteiger partial charge in [-0.1, -0.05) is 0 Å². The Hall–Kier alpha value is 0.499. The van der Waals surface area contributed by atoms with Crippen molar-refractivity contribution in [1.29, 1.82) is 0 Å². The van der Waals surface area contributed by atoms with Crippen LogP contribution in [0.4, 0.5) is 0 Å². The molecule has 0 spiro atoms. The Kier molecular flexibility index (Phi) is 4.61. The van der Waals surface area contributed by atoms with Crippen molar-refractivity contribution in [2.24, 2.45) is 0 Å². The van der Waals surface area contributed by atoms with Crippen molar-refractivity contribution in [1.82, 2.24) is 0 Å². The number of hydrogen-bond acceptors (Lipinski definition) is 1. The third-order valence-electron chi connectivity index (χ3n) is 1.31. The number of aliphatic hydroxyl groups excluding tert-OH is 1. The van der Waals surface area contributed by atoms with Gasteiger partial charge in [-0.2, -0.15) is 0 Å². The van der Waals surface area contributed by atoms with Gasteiger partial charge in [-0.25, -0.2) is 0 Å². The molecule has 2 heteroatoms. The summed E-state index contributed by atoms with van der Waals surface area (Å²) in [5.41, 5.74) is 1.12. The first-order valence-electron chi connectivity index (χ1n) is 3.72. The zero-order valence-corrected chi connectivity index (χ0v) is 10.3. The van der Waals surface area contributed by atoms with Crippen LogP contribution in [0.2, 0.25) is 19.3 Å². The van der Waals surface area contributed by atoms with Crippen molar-refractivity contribution >= 4 is 18.4 Å². The van der Waals surface area contributed by atoms with Gasteiger partial charge in [0, 0.05) is 0 Å². The zero-order valence-electron chi connectivity index (χ0n) is 7.44. The van der Waals surface area contributed by atoms with Crippen LogP contribution in [-0.2, 0) is 0 Å².